The van der Waals surface area contributed by atoms with Gasteiger partial charge in [-0.1, -0.05) is 64.0 Å². The first-order valence-corrected chi connectivity index (χ1v) is 11.5. The van der Waals surface area contributed by atoms with Crippen molar-refractivity contribution in [3.63, 3.8) is 0 Å². The number of nitrogens with one attached hydrogen (secondary N) is 1. The van der Waals surface area contributed by atoms with E-state index in [-0.39, 0.29) is 18.7 Å². The summed E-state index contributed by atoms with van der Waals surface area (Å²) in [6, 6.07) is 21.9. The first kappa shape index (κ1) is 20.1. The third-order valence-electron chi connectivity index (χ3n) is 6.14. The van der Waals surface area contributed by atoms with Gasteiger partial charge in [-0.2, -0.15) is 5.10 Å². The number of hydrogen-bond acceptors (Lipinski definition) is 4. The molecule has 0 bridgehead atoms. The summed E-state index contributed by atoms with van der Waals surface area (Å²) >= 11 is 3.59. The van der Waals surface area contributed by atoms with E-state index in [0.717, 1.165) is 38.2 Å². The molecule has 1 amide bonds. The van der Waals surface area contributed by atoms with Gasteiger partial charge in [-0.25, -0.2) is 0 Å². The summed E-state index contributed by atoms with van der Waals surface area (Å²) in [7, 11) is 0. The number of aromatic nitrogens is 2. The highest BCUT2D eigenvalue weighted by Gasteiger charge is 2.42. The molecule has 1 atom stereocenters. The second-order valence-corrected chi connectivity index (χ2v) is 9.22. The number of carbonyl (C=O) groups is 1. The van der Waals surface area contributed by atoms with Gasteiger partial charge in [-0.15, -0.1) is 0 Å². The summed E-state index contributed by atoms with van der Waals surface area (Å²) in [6.45, 7) is 2.71. The fraction of sp³-hybridized carbons (Fsp3) is 0.154. The van der Waals surface area contributed by atoms with Gasteiger partial charge in [-0.05, 0) is 42.3 Å². The second-order valence-electron chi connectivity index (χ2n) is 8.31. The first-order valence-electron chi connectivity index (χ1n) is 10.7. The maximum absolute atomic E-state index is 13.6. The maximum Gasteiger partial charge on any atom is 0.273 e. The van der Waals surface area contributed by atoms with Crippen molar-refractivity contribution in [1.29, 1.82) is 0 Å². The van der Waals surface area contributed by atoms with Crippen LogP contribution in [0.1, 0.15) is 38.8 Å². The van der Waals surface area contributed by atoms with Crippen LogP contribution in [0.2, 0.25) is 0 Å². The summed E-state index contributed by atoms with van der Waals surface area (Å²) < 4.78 is 11.9. The summed E-state index contributed by atoms with van der Waals surface area (Å²) in [6.07, 6.45) is 0. The van der Waals surface area contributed by atoms with Gasteiger partial charge < -0.3 is 14.4 Å². The Morgan fingerprint density at radius 3 is 2.70 bits per heavy atom. The summed E-state index contributed by atoms with van der Waals surface area (Å²) in [5.41, 5.74) is 6.40. The molecule has 0 saturated heterocycles. The zero-order valence-corrected chi connectivity index (χ0v) is 19.4. The highest BCUT2D eigenvalue weighted by Crippen LogP contribution is 2.44. The van der Waals surface area contributed by atoms with Crippen LogP contribution in [0.4, 0.5) is 0 Å². The molecule has 2 aliphatic rings. The summed E-state index contributed by atoms with van der Waals surface area (Å²) in [5, 5.41) is 7.58. The molecule has 4 aromatic rings. The number of benzene rings is 3. The lowest BCUT2D eigenvalue weighted by Gasteiger charge is -2.27. The van der Waals surface area contributed by atoms with Gasteiger partial charge >= 0.3 is 0 Å². The smallest absolute Gasteiger partial charge is 0.273 e. The number of H-pyrrole nitrogens is 1. The zero-order chi connectivity index (χ0) is 22.5. The number of rotatable bonds is 4. The molecule has 7 heteroatoms. The van der Waals surface area contributed by atoms with Crippen LogP contribution in [0.5, 0.6) is 11.5 Å². The fourth-order valence-corrected chi connectivity index (χ4v) is 4.97. The predicted molar refractivity (Wildman–Crippen MR) is 127 cm³/mol. The van der Waals surface area contributed by atoms with Gasteiger partial charge in [0.05, 0.1) is 11.7 Å². The SMILES string of the molecule is Cc1ccc(-c2n[nH]c3c2C(c2cccc(Br)c2)N(Cc2ccc4c(c2)OCO4)C3=O)cc1. The minimum Gasteiger partial charge on any atom is -0.454 e. The van der Waals surface area contributed by atoms with Crippen LogP contribution >= 0.6 is 15.9 Å². The van der Waals surface area contributed by atoms with Gasteiger partial charge in [0.1, 0.15) is 5.69 Å². The standard InChI is InChI=1S/C26H20BrN3O3/c1-15-5-8-17(9-6-15)23-22-24(29-28-23)26(31)30(25(22)18-3-2-4-19(27)12-18)13-16-7-10-20-21(11-16)33-14-32-20/h2-12,25H,13-14H2,1H3,(H,28,29). The Kier molecular flexibility index (Phi) is 4.73. The molecule has 0 saturated carbocycles. The van der Waals surface area contributed by atoms with Crippen LogP contribution in [0.15, 0.2) is 71.2 Å². The average molecular weight is 502 g/mol. The van der Waals surface area contributed by atoms with Crippen LogP contribution in [0, 0.1) is 6.92 Å². The van der Waals surface area contributed by atoms with E-state index in [1.165, 1.54) is 5.56 Å². The van der Waals surface area contributed by atoms with Crippen molar-refractivity contribution in [2.75, 3.05) is 6.79 Å². The molecule has 1 N–H and O–H groups in total. The van der Waals surface area contributed by atoms with E-state index in [0.29, 0.717) is 18.0 Å². The largest absolute Gasteiger partial charge is 0.454 e. The lowest BCUT2D eigenvalue weighted by molar-refractivity contribution is 0.0730. The fourth-order valence-electron chi connectivity index (χ4n) is 4.55. The molecule has 33 heavy (non-hydrogen) atoms. The zero-order valence-electron chi connectivity index (χ0n) is 17.8. The number of nitrogens with zero attached hydrogens (tertiary/aromatic N) is 2. The van der Waals surface area contributed by atoms with Crippen molar-refractivity contribution in [1.82, 2.24) is 15.1 Å². The molecular weight excluding hydrogens is 482 g/mol. The maximum atomic E-state index is 13.6. The minimum absolute atomic E-state index is 0.0708. The van der Waals surface area contributed by atoms with Crippen LogP contribution in [0.25, 0.3) is 11.3 Å². The molecule has 0 aliphatic carbocycles. The number of ether oxygens (including phenoxy) is 2. The van der Waals surface area contributed by atoms with Crippen LogP contribution < -0.4 is 9.47 Å². The van der Waals surface area contributed by atoms with Crippen molar-refractivity contribution < 1.29 is 14.3 Å². The van der Waals surface area contributed by atoms with E-state index in [2.05, 4.69) is 69.4 Å². The van der Waals surface area contributed by atoms with Crippen molar-refractivity contribution >= 4 is 21.8 Å². The normalized spacial score (nSPS) is 16.4. The summed E-state index contributed by atoms with van der Waals surface area (Å²) in [4.78, 5) is 15.5. The van der Waals surface area contributed by atoms with Gasteiger partial charge in [0.25, 0.3) is 5.91 Å². The average Bonchev–Trinajstić information content (AvgIpc) is 3.51. The Morgan fingerprint density at radius 1 is 1.06 bits per heavy atom. The molecule has 1 unspecified atom stereocenters. The number of amides is 1. The number of halogens is 1. The highest BCUT2D eigenvalue weighted by atomic mass is 79.9. The van der Waals surface area contributed by atoms with E-state index < -0.39 is 0 Å². The van der Waals surface area contributed by atoms with Crippen molar-refractivity contribution in [2.45, 2.75) is 19.5 Å². The van der Waals surface area contributed by atoms with E-state index in [1.807, 2.05) is 35.2 Å². The molecule has 6 nitrogen and oxygen atoms in total. The molecule has 164 valence electrons. The molecule has 3 heterocycles. The van der Waals surface area contributed by atoms with Gasteiger partial charge in [0.2, 0.25) is 6.79 Å². The quantitative estimate of drug-likeness (QED) is 0.393. The molecule has 6 rings (SSSR count). The molecule has 1 aromatic heterocycles. The number of aryl methyl sites for hydroxylation is 1. The highest BCUT2D eigenvalue weighted by molar-refractivity contribution is 9.10. The Balaban J connectivity index is 1.46. The van der Waals surface area contributed by atoms with Gasteiger partial charge in [-0.3, -0.25) is 9.89 Å². The van der Waals surface area contributed by atoms with Crippen molar-refractivity contribution in [3.8, 4) is 22.8 Å². The molecule has 0 fully saturated rings. The Hall–Kier alpha value is -3.58. The molecule has 0 spiro atoms. The second kappa shape index (κ2) is 7.78. The number of fused-ring (bicyclic) bond motifs is 2. The molecule has 2 aliphatic heterocycles. The monoisotopic (exact) mass is 501 g/mol. The van der Waals surface area contributed by atoms with E-state index in [1.54, 1.807) is 0 Å². The van der Waals surface area contributed by atoms with Crippen molar-refractivity contribution in [3.05, 3.63) is 99.2 Å². The minimum atomic E-state index is -0.273. The number of hydrogen-bond donors (Lipinski definition) is 1. The van der Waals surface area contributed by atoms with Gasteiger partial charge in [0.15, 0.2) is 11.5 Å². The summed E-state index contributed by atoms with van der Waals surface area (Å²) in [5.74, 6) is 1.36. The third kappa shape index (κ3) is 3.40. The Morgan fingerprint density at radius 2 is 1.88 bits per heavy atom. The predicted octanol–water partition coefficient (Wildman–Crippen LogP) is 5.62. The van der Waals surface area contributed by atoms with Gasteiger partial charge in [0, 0.05) is 22.1 Å². The van der Waals surface area contributed by atoms with Crippen LogP contribution in [0.3, 0.4) is 0 Å². The lowest BCUT2D eigenvalue weighted by atomic mass is 9.95. The van der Waals surface area contributed by atoms with E-state index >= 15 is 0 Å². The molecular formula is C26H20BrN3O3. The number of aromatic amines is 1. The van der Waals surface area contributed by atoms with Crippen LogP contribution in [-0.4, -0.2) is 27.8 Å². The Labute approximate surface area is 199 Å². The van der Waals surface area contributed by atoms with Crippen molar-refractivity contribution in [2.24, 2.45) is 0 Å². The topological polar surface area (TPSA) is 67.5 Å². The Bertz CT molecular complexity index is 1380. The third-order valence-corrected chi connectivity index (χ3v) is 6.64. The molecule has 3 aromatic carbocycles. The molecule has 0 radical (unpaired) electrons. The van der Waals surface area contributed by atoms with E-state index in [4.69, 9.17) is 9.47 Å². The van der Waals surface area contributed by atoms with Crippen LogP contribution in [-0.2, 0) is 6.54 Å². The number of carbonyl (C=O) groups excluding carboxylic acids is 1. The first-order chi connectivity index (χ1) is 16.1. The van der Waals surface area contributed by atoms with E-state index in [9.17, 15) is 4.79 Å². The lowest BCUT2D eigenvalue weighted by Crippen LogP contribution is -2.29.